The molecular formula is C16H27NOS. The highest BCUT2D eigenvalue weighted by atomic mass is 32.2. The highest BCUT2D eigenvalue weighted by molar-refractivity contribution is 7.99. The van der Waals surface area contributed by atoms with Crippen molar-refractivity contribution in [3.63, 3.8) is 0 Å². The van der Waals surface area contributed by atoms with Gasteiger partial charge in [-0.3, -0.25) is 0 Å². The van der Waals surface area contributed by atoms with Crippen molar-refractivity contribution in [1.29, 1.82) is 0 Å². The molecule has 0 heterocycles. The minimum absolute atomic E-state index is 0.766. The van der Waals surface area contributed by atoms with Crippen LogP contribution in [0, 0.1) is 12.8 Å². The zero-order chi connectivity index (χ0) is 14.1. The normalized spacial score (nSPS) is 12.6. The van der Waals surface area contributed by atoms with Crippen molar-refractivity contribution in [3.05, 3.63) is 29.3 Å². The molecule has 19 heavy (non-hydrogen) atoms. The summed E-state index contributed by atoms with van der Waals surface area (Å²) in [5.74, 6) is 2.00. The lowest BCUT2D eigenvalue weighted by Crippen LogP contribution is -2.19. The Labute approximate surface area is 122 Å². The molecule has 0 amide bonds. The second-order valence-corrected chi connectivity index (χ2v) is 6.18. The summed E-state index contributed by atoms with van der Waals surface area (Å²) in [7, 11) is 1.73. The molecule has 0 aliphatic carbocycles. The lowest BCUT2D eigenvalue weighted by molar-refractivity contribution is 0.199. The number of hydrogen-bond acceptors (Lipinski definition) is 3. The van der Waals surface area contributed by atoms with Gasteiger partial charge in [-0.25, -0.2) is 0 Å². The summed E-state index contributed by atoms with van der Waals surface area (Å²) < 4.78 is 5.03. The van der Waals surface area contributed by atoms with Crippen molar-refractivity contribution in [2.24, 2.45) is 5.92 Å². The van der Waals surface area contributed by atoms with Gasteiger partial charge in [-0.15, -0.1) is 11.8 Å². The summed E-state index contributed by atoms with van der Waals surface area (Å²) in [6, 6.07) is 6.79. The Hall–Kier alpha value is -0.510. The second-order valence-electron chi connectivity index (χ2n) is 5.08. The van der Waals surface area contributed by atoms with Crippen molar-refractivity contribution in [2.45, 2.75) is 38.6 Å². The third-order valence-electron chi connectivity index (χ3n) is 3.34. The molecule has 0 aliphatic rings. The topological polar surface area (TPSA) is 21.3 Å². The number of rotatable bonds is 9. The lowest BCUT2D eigenvalue weighted by Gasteiger charge is -2.11. The highest BCUT2D eigenvalue weighted by Crippen LogP contribution is 2.24. The van der Waals surface area contributed by atoms with Gasteiger partial charge in [0.1, 0.15) is 0 Å². The Morgan fingerprint density at radius 1 is 1.37 bits per heavy atom. The SMILES string of the molecule is CCC(C)CSc1ccc(CNCCOC)c(C)c1. The van der Waals surface area contributed by atoms with Gasteiger partial charge >= 0.3 is 0 Å². The third-order valence-corrected chi connectivity index (χ3v) is 4.67. The molecular weight excluding hydrogens is 254 g/mol. The molecule has 0 aromatic heterocycles. The molecule has 0 spiro atoms. The van der Waals surface area contributed by atoms with Gasteiger partial charge in [-0.2, -0.15) is 0 Å². The largest absolute Gasteiger partial charge is 0.383 e. The van der Waals surface area contributed by atoms with Gasteiger partial charge in [-0.1, -0.05) is 26.3 Å². The average molecular weight is 281 g/mol. The average Bonchev–Trinajstić information content (AvgIpc) is 2.42. The summed E-state index contributed by atoms with van der Waals surface area (Å²) in [4.78, 5) is 1.39. The van der Waals surface area contributed by atoms with E-state index >= 15 is 0 Å². The molecule has 1 N–H and O–H groups in total. The summed E-state index contributed by atoms with van der Waals surface area (Å²) in [5.41, 5.74) is 2.75. The Balaban J connectivity index is 2.45. The summed E-state index contributed by atoms with van der Waals surface area (Å²) in [6.07, 6.45) is 1.26. The van der Waals surface area contributed by atoms with E-state index in [1.54, 1.807) is 7.11 Å². The summed E-state index contributed by atoms with van der Waals surface area (Å²) >= 11 is 1.97. The first-order valence-electron chi connectivity index (χ1n) is 7.09. The molecule has 0 bridgehead atoms. The summed E-state index contributed by atoms with van der Waals surface area (Å²) in [5, 5.41) is 3.39. The van der Waals surface area contributed by atoms with Crippen LogP contribution >= 0.6 is 11.8 Å². The van der Waals surface area contributed by atoms with E-state index in [9.17, 15) is 0 Å². The van der Waals surface area contributed by atoms with E-state index in [0.29, 0.717) is 0 Å². The van der Waals surface area contributed by atoms with Crippen LogP contribution in [-0.4, -0.2) is 26.0 Å². The van der Waals surface area contributed by atoms with Crippen LogP contribution in [0.4, 0.5) is 0 Å². The van der Waals surface area contributed by atoms with Crippen LogP contribution in [0.2, 0.25) is 0 Å². The van der Waals surface area contributed by atoms with Crippen molar-refractivity contribution >= 4 is 11.8 Å². The smallest absolute Gasteiger partial charge is 0.0587 e. The van der Waals surface area contributed by atoms with E-state index in [1.807, 2.05) is 11.8 Å². The van der Waals surface area contributed by atoms with Crippen LogP contribution in [-0.2, 0) is 11.3 Å². The monoisotopic (exact) mass is 281 g/mol. The maximum atomic E-state index is 5.03. The van der Waals surface area contributed by atoms with Crippen LogP contribution < -0.4 is 5.32 Å². The number of thioether (sulfide) groups is 1. The molecule has 2 nitrogen and oxygen atoms in total. The zero-order valence-electron chi connectivity index (χ0n) is 12.7. The fourth-order valence-electron chi connectivity index (χ4n) is 1.71. The van der Waals surface area contributed by atoms with Crippen molar-refractivity contribution in [3.8, 4) is 0 Å². The fraction of sp³-hybridized carbons (Fsp3) is 0.625. The Kier molecular flexibility index (Phi) is 8.19. The molecule has 0 aliphatic heterocycles. The van der Waals surface area contributed by atoms with Crippen LogP contribution in [0.5, 0.6) is 0 Å². The number of hydrogen-bond donors (Lipinski definition) is 1. The van der Waals surface area contributed by atoms with Crippen LogP contribution in [0.15, 0.2) is 23.1 Å². The molecule has 1 aromatic carbocycles. The Morgan fingerprint density at radius 3 is 2.79 bits per heavy atom. The Morgan fingerprint density at radius 2 is 2.16 bits per heavy atom. The molecule has 108 valence electrons. The van der Waals surface area contributed by atoms with E-state index in [-0.39, 0.29) is 0 Å². The molecule has 1 unspecified atom stereocenters. The molecule has 1 rings (SSSR count). The van der Waals surface area contributed by atoms with Crippen LogP contribution in [0.1, 0.15) is 31.4 Å². The first-order chi connectivity index (χ1) is 9.17. The first kappa shape index (κ1) is 16.5. The van der Waals surface area contributed by atoms with Crippen molar-refractivity contribution in [1.82, 2.24) is 5.32 Å². The van der Waals surface area contributed by atoms with Gasteiger partial charge in [-0.05, 0) is 36.1 Å². The minimum atomic E-state index is 0.766. The number of nitrogens with one attached hydrogen (secondary N) is 1. The third kappa shape index (κ3) is 6.46. The van der Waals surface area contributed by atoms with Gasteiger partial charge in [0.15, 0.2) is 0 Å². The maximum Gasteiger partial charge on any atom is 0.0587 e. The van der Waals surface area contributed by atoms with E-state index in [1.165, 1.54) is 28.2 Å². The van der Waals surface area contributed by atoms with Crippen LogP contribution in [0.3, 0.4) is 0 Å². The predicted molar refractivity (Wildman–Crippen MR) is 84.9 cm³/mol. The van der Waals surface area contributed by atoms with E-state index < -0.39 is 0 Å². The van der Waals surface area contributed by atoms with Gasteiger partial charge in [0.05, 0.1) is 6.61 Å². The quantitative estimate of drug-likeness (QED) is 0.548. The summed E-state index contributed by atoms with van der Waals surface area (Å²) in [6.45, 7) is 9.35. The van der Waals surface area contributed by atoms with Crippen molar-refractivity contribution in [2.75, 3.05) is 26.0 Å². The number of methoxy groups -OCH3 is 1. The maximum absolute atomic E-state index is 5.03. The van der Waals surface area contributed by atoms with Gasteiger partial charge in [0.25, 0.3) is 0 Å². The molecule has 1 aromatic rings. The molecule has 0 fully saturated rings. The molecule has 1 atom stereocenters. The lowest BCUT2D eigenvalue weighted by atomic mass is 10.1. The minimum Gasteiger partial charge on any atom is -0.383 e. The van der Waals surface area contributed by atoms with E-state index in [2.05, 4.69) is 44.3 Å². The van der Waals surface area contributed by atoms with Gasteiger partial charge in [0.2, 0.25) is 0 Å². The molecule has 0 saturated heterocycles. The molecule has 3 heteroatoms. The Bertz CT molecular complexity index is 368. The molecule has 0 radical (unpaired) electrons. The number of benzene rings is 1. The highest BCUT2D eigenvalue weighted by Gasteiger charge is 2.03. The second kappa shape index (κ2) is 9.40. The number of ether oxygens (including phenoxy) is 1. The fourth-order valence-corrected chi connectivity index (χ4v) is 2.85. The zero-order valence-corrected chi connectivity index (χ0v) is 13.5. The van der Waals surface area contributed by atoms with Gasteiger partial charge < -0.3 is 10.1 Å². The predicted octanol–water partition coefficient (Wildman–Crippen LogP) is 3.87. The van der Waals surface area contributed by atoms with E-state index in [4.69, 9.17) is 4.74 Å². The van der Waals surface area contributed by atoms with Gasteiger partial charge in [0, 0.05) is 30.8 Å². The first-order valence-corrected chi connectivity index (χ1v) is 8.07. The standard InChI is InChI=1S/C16H27NOS/c1-5-13(2)12-19-16-7-6-15(14(3)10-16)11-17-8-9-18-4/h6-7,10,13,17H,5,8-9,11-12H2,1-4H3. The number of aryl methyl sites for hydroxylation is 1. The van der Waals surface area contributed by atoms with Crippen LogP contribution in [0.25, 0.3) is 0 Å². The van der Waals surface area contributed by atoms with E-state index in [0.717, 1.165) is 25.6 Å². The van der Waals surface area contributed by atoms with Crippen molar-refractivity contribution < 1.29 is 4.74 Å². The molecule has 0 saturated carbocycles.